The fourth-order valence-corrected chi connectivity index (χ4v) is 1.82. The number of rotatable bonds is 2. The Morgan fingerprint density at radius 2 is 2.14 bits per heavy atom. The molecule has 14 heavy (non-hydrogen) atoms. The number of halogens is 1. The topological polar surface area (TPSA) is 12.9 Å². The van der Waals surface area contributed by atoms with Crippen molar-refractivity contribution in [3.63, 3.8) is 0 Å². The van der Waals surface area contributed by atoms with Crippen LogP contribution in [0, 0.1) is 5.82 Å². The van der Waals surface area contributed by atoms with Crippen LogP contribution in [-0.4, -0.2) is 11.2 Å². The fraction of sp³-hybridized carbons (Fsp3) is 0.182. The van der Waals surface area contributed by atoms with Crippen LogP contribution in [0.15, 0.2) is 30.3 Å². The molecule has 0 unspecified atom stereocenters. The number of thioether (sulfide) groups is 1. The minimum absolute atomic E-state index is 0.211. The monoisotopic (exact) mass is 207 g/mol. The number of pyridine rings is 1. The van der Waals surface area contributed by atoms with Gasteiger partial charge in [-0.05, 0) is 30.5 Å². The molecule has 0 radical (unpaired) electrons. The van der Waals surface area contributed by atoms with E-state index in [-0.39, 0.29) is 5.82 Å². The molecule has 1 nitrogen and oxygen atoms in total. The van der Waals surface area contributed by atoms with Gasteiger partial charge in [-0.2, -0.15) is 11.8 Å². The van der Waals surface area contributed by atoms with E-state index in [1.165, 1.54) is 12.1 Å². The molecule has 0 saturated carbocycles. The zero-order valence-corrected chi connectivity index (χ0v) is 8.64. The van der Waals surface area contributed by atoms with Gasteiger partial charge in [0.1, 0.15) is 5.82 Å². The summed E-state index contributed by atoms with van der Waals surface area (Å²) >= 11 is 1.73. The molecule has 1 heterocycles. The molecule has 0 spiro atoms. The van der Waals surface area contributed by atoms with E-state index < -0.39 is 0 Å². The number of fused-ring (bicyclic) bond motifs is 1. The maximum Gasteiger partial charge on any atom is 0.123 e. The first-order valence-electron chi connectivity index (χ1n) is 4.34. The van der Waals surface area contributed by atoms with Gasteiger partial charge in [-0.1, -0.05) is 6.07 Å². The molecule has 0 N–H and O–H groups in total. The maximum atomic E-state index is 12.9. The quantitative estimate of drug-likeness (QED) is 0.749. The molecule has 0 amide bonds. The molecule has 2 aromatic rings. The highest BCUT2D eigenvalue weighted by Crippen LogP contribution is 2.15. The van der Waals surface area contributed by atoms with Gasteiger partial charge in [-0.25, -0.2) is 4.39 Å². The van der Waals surface area contributed by atoms with Crippen molar-refractivity contribution in [2.75, 3.05) is 6.26 Å². The molecular formula is C11H10FNS. The Balaban J connectivity index is 2.50. The average molecular weight is 207 g/mol. The van der Waals surface area contributed by atoms with E-state index in [9.17, 15) is 4.39 Å². The molecule has 0 aliphatic heterocycles. The lowest BCUT2D eigenvalue weighted by molar-refractivity contribution is 0.629. The van der Waals surface area contributed by atoms with Crippen LogP contribution < -0.4 is 0 Å². The number of hydrogen-bond donors (Lipinski definition) is 0. The van der Waals surface area contributed by atoms with Gasteiger partial charge in [0.2, 0.25) is 0 Å². The van der Waals surface area contributed by atoms with Crippen LogP contribution in [0.5, 0.6) is 0 Å². The molecule has 1 aromatic carbocycles. The minimum Gasteiger partial charge on any atom is -0.252 e. The maximum absolute atomic E-state index is 12.9. The molecule has 0 saturated heterocycles. The normalized spacial score (nSPS) is 10.7. The summed E-state index contributed by atoms with van der Waals surface area (Å²) in [4.78, 5) is 4.42. The Morgan fingerprint density at radius 3 is 2.93 bits per heavy atom. The zero-order chi connectivity index (χ0) is 9.97. The second-order valence-electron chi connectivity index (χ2n) is 3.07. The van der Waals surface area contributed by atoms with Crippen LogP contribution in [0.2, 0.25) is 0 Å². The van der Waals surface area contributed by atoms with Crippen molar-refractivity contribution in [1.29, 1.82) is 0 Å². The van der Waals surface area contributed by atoms with Crippen LogP contribution >= 0.6 is 11.8 Å². The Bertz CT molecular complexity index is 456. The Hall–Kier alpha value is -1.09. The fourth-order valence-electron chi connectivity index (χ4n) is 1.37. The van der Waals surface area contributed by atoms with Crippen molar-refractivity contribution in [3.05, 3.63) is 41.8 Å². The van der Waals surface area contributed by atoms with E-state index in [1.807, 2.05) is 18.4 Å². The third kappa shape index (κ3) is 1.87. The van der Waals surface area contributed by atoms with Gasteiger partial charge in [-0.3, -0.25) is 4.98 Å². The summed E-state index contributed by atoms with van der Waals surface area (Å²) in [6.07, 6.45) is 2.04. The third-order valence-electron chi connectivity index (χ3n) is 2.00. The first-order chi connectivity index (χ1) is 6.79. The van der Waals surface area contributed by atoms with Crippen molar-refractivity contribution < 1.29 is 4.39 Å². The van der Waals surface area contributed by atoms with Gasteiger partial charge in [0.05, 0.1) is 11.2 Å². The second kappa shape index (κ2) is 3.96. The minimum atomic E-state index is -0.211. The first kappa shape index (κ1) is 9.46. The number of aromatic nitrogens is 1. The van der Waals surface area contributed by atoms with Crippen molar-refractivity contribution in [1.82, 2.24) is 4.98 Å². The molecule has 72 valence electrons. The van der Waals surface area contributed by atoms with Crippen LogP contribution in [-0.2, 0) is 5.75 Å². The molecule has 0 bridgehead atoms. The standard InChI is InChI=1S/C11H10FNS/c1-14-7-10-4-2-8-6-9(12)3-5-11(8)13-10/h2-6H,7H2,1H3. The molecule has 0 fully saturated rings. The molecule has 2 rings (SSSR count). The van der Waals surface area contributed by atoms with Gasteiger partial charge in [0.15, 0.2) is 0 Å². The highest BCUT2D eigenvalue weighted by Gasteiger charge is 1.98. The number of benzene rings is 1. The highest BCUT2D eigenvalue weighted by molar-refractivity contribution is 7.97. The van der Waals surface area contributed by atoms with Gasteiger partial charge in [0.25, 0.3) is 0 Å². The summed E-state index contributed by atoms with van der Waals surface area (Å²) in [6.45, 7) is 0. The molecule has 0 aliphatic rings. The predicted octanol–water partition coefficient (Wildman–Crippen LogP) is 3.24. The summed E-state index contributed by atoms with van der Waals surface area (Å²) in [6, 6.07) is 8.52. The molecule has 1 aromatic heterocycles. The van der Waals surface area contributed by atoms with E-state index >= 15 is 0 Å². The van der Waals surface area contributed by atoms with Gasteiger partial charge >= 0.3 is 0 Å². The predicted molar refractivity (Wildman–Crippen MR) is 58.9 cm³/mol. The van der Waals surface area contributed by atoms with Crippen molar-refractivity contribution in [3.8, 4) is 0 Å². The Labute approximate surface area is 86.4 Å². The van der Waals surface area contributed by atoms with Gasteiger partial charge in [-0.15, -0.1) is 0 Å². The molecule has 0 atom stereocenters. The lowest BCUT2D eigenvalue weighted by Crippen LogP contribution is -1.87. The van der Waals surface area contributed by atoms with Crippen LogP contribution in [0.3, 0.4) is 0 Å². The number of nitrogens with zero attached hydrogens (tertiary/aromatic N) is 1. The van der Waals surface area contributed by atoms with Crippen molar-refractivity contribution in [2.24, 2.45) is 0 Å². The number of hydrogen-bond acceptors (Lipinski definition) is 2. The van der Waals surface area contributed by atoms with E-state index in [0.29, 0.717) is 0 Å². The molecule has 0 aliphatic carbocycles. The van der Waals surface area contributed by atoms with Crippen LogP contribution in [0.4, 0.5) is 4.39 Å². The lowest BCUT2D eigenvalue weighted by atomic mass is 10.2. The van der Waals surface area contributed by atoms with Crippen molar-refractivity contribution >= 4 is 22.7 Å². The third-order valence-corrected chi connectivity index (χ3v) is 2.59. The second-order valence-corrected chi connectivity index (χ2v) is 3.94. The van der Waals surface area contributed by atoms with E-state index in [0.717, 1.165) is 22.3 Å². The van der Waals surface area contributed by atoms with Gasteiger partial charge < -0.3 is 0 Å². The van der Waals surface area contributed by atoms with Crippen molar-refractivity contribution in [2.45, 2.75) is 5.75 Å². The van der Waals surface area contributed by atoms with E-state index in [2.05, 4.69) is 4.98 Å². The largest absolute Gasteiger partial charge is 0.252 e. The first-order valence-corrected chi connectivity index (χ1v) is 5.73. The SMILES string of the molecule is CSCc1ccc2cc(F)ccc2n1. The summed E-state index contributed by atoms with van der Waals surface area (Å²) in [5.74, 6) is 0.685. The Kier molecular flexibility index (Phi) is 2.68. The van der Waals surface area contributed by atoms with E-state index in [1.54, 1.807) is 17.8 Å². The molecule has 3 heteroatoms. The van der Waals surface area contributed by atoms with Crippen LogP contribution in [0.1, 0.15) is 5.69 Å². The molecular weight excluding hydrogens is 197 g/mol. The summed E-state index contributed by atoms with van der Waals surface area (Å²) in [7, 11) is 0. The van der Waals surface area contributed by atoms with Crippen LogP contribution in [0.25, 0.3) is 10.9 Å². The summed E-state index contributed by atoms with van der Waals surface area (Å²) in [5, 5.41) is 0.856. The smallest absolute Gasteiger partial charge is 0.123 e. The zero-order valence-electron chi connectivity index (χ0n) is 7.83. The summed E-state index contributed by atoms with van der Waals surface area (Å²) < 4.78 is 12.9. The highest BCUT2D eigenvalue weighted by atomic mass is 32.2. The lowest BCUT2D eigenvalue weighted by Gasteiger charge is -2.00. The average Bonchev–Trinajstić information content (AvgIpc) is 2.19. The Morgan fingerprint density at radius 1 is 1.29 bits per heavy atom. The van der Waals surface area contributed by atoms with Gasteiger partial charge in [0, 0.05) is 11.1 Å². The summed E-state index contributed by atoms with van der Waals surface area (Å²) in [5.41, 5.74) is 1.90. The van der Waals surface area contributed by atoms with E-state index in [4.69, 9.17) is 0 Å².